The van der Waals surface area contributed by atoms with Crippen LogP contribution in [0.25, 0.3) is 0 Å². The molecule has 5 nitrogen and oxygen atoms in total. The minimum atomic E-state index is -0.739. The Labute approximate surface area is 113 Å². The van der Waals surface area contributed by atoms with Gasteiger partial charge in [-0.05, 0) is 25.8 Å². The zero-order valence-electron chi connectivity index (χ0n) is 11.7. The average molecular weight is 267 g/mol. The molecule has 19 heavy (non-hydrogen) atoms. The van der Waals surface area contributed by atoms with Gasteiger partial charge in [-0.15, -0.1) is 0 Å². The fourth-order valence-electron chi connectivity index (χ4n) is 1.70. The molecular formula is C14H21NO4. The topological polar surface area (TPSA) is 57.7 Å². The van der Waals surface area contributed by atoms with Crippen molar-refractivity contribution < 1.29 is 19.0 Å². The average Bonchev–Trinajstić information content (AvgIpc) is 2.42. The highest BCUT2D eigenvalue weighted by Gasteiger charge is 2.32. The van der Waals surface area contributed by atoms with Gasteiger partial charge in [0, 0.05) is 18.9 Å². The van der Waals surface area contributed by atoms with E-state index in [-0.39, 0.29) is 5.88 Å². The molecule has 2 rings (SSSR count). The molecule has 0 radical (unpaired) electrons. The number of pyridine rings is 1. The van der Waals surface area contributed by atoms with Crippen LogP contribution in [0.1, 0.15) is 33.6 Å². The number of ether oxygens (including phenoxy) is 3. The summed E-state index contributed by atoms with van der Waals surface area (Å²) in [7, 11) is 0. The number of aromatic nitrogens is 1. The molecule has 106 valence electrons. The molecule has 5 heteroatoms. The summed E-state index contributed by atoms with van der Waals surface area (Å²) in [6.45, 7) is 6.96. The Bertz CT molecular complexity index is 374. The van der Waals surface area contributed by atoms with Crippen molar-refractivity contribution in [2.45, 2.75) is 39.2 Å². The highest BCUT2D eigenvalue weighted by atomic mass is 16.7. The summed E-state index contributed by atoms with van der Waals surface area (Å²) < 4.78 is 15.5. The highest BCUT2D eigenvalue weighted by molar-refractivity contribution is 5.63. The number of rotatable bonds is 2. The standard InChI is InChI=1S/C12H15NO4.C2H6/c1-12(6-4-8-15-9-12)17-11(14)16-10-5-2-3-7-13-10;1-2/h2-3,5,7H,4,6,8-9H2,1H3;1-2H3. The van der Waals surface area contributed by atoms with Gasteiger partial charge in [0.2, 0.25) is 5.88 Å². The van der Waals surface area contributed by atoms with Crippen molar-refractivity contribution in [3.05, 3.63) is 24.4 Å². The monoisotopic (exact) mass is 267 g/mol. The van der Waals surface area contributed by atoms with Gasteiger partial charge >= 0.3 is 6.16 Å². The summed E-state index contributed by atoms with van der Waals surface area (Å²) in [5.74, 6) is 0.234. The maximum absolute atomic E-state index is 11.5. The fourth-order valence-corrected chi connectivity index (χ4v) is 1.70. The third kappa shape index (κ3) is 5.26. The largest absolute Gasteiger partial charge is 0.515 e. The Kier molecular flexibility index (Phi) is 6.29. The van der Waals surface area contributed by atoms with Crippen molar-refractivity contribution >= 4 is 6.16 Å². The molecule has 1 aliphatic rings. The van der Waals surface area contributed by atoms with E-state index in [0.29, 0.717) is 13.2 Å². The van der Waals surface area contributed by atoms with Gasteiger partial charge in [-0.2, -0.15) is 0 Å². The van der Waals surface area contributed by atoms with E-state index in [1.54, 1.807) is 24.4 Å². The Balaban J connectivity index is 0.000000861. The van der Waals surface area contributed by atoms with Crippen molar-refractivity contribution in [1.82, 2.24) is 4.98 Å². The van der Waals surface area contributed by atoms with Gasteiger partial charge in [-0.1, -0.05) is 19.9 Å². The van der Waals surface area contributed by atoms with Crippen molar-refractivity contribution in [2.75, 3.05) is 13.2 Å². The van der Waals surface area contributed by atoms with Crippen LogP contribution in [0.15, 0.2) is 24.4 Å². The Morgan fingerprint density at radius 3 is 2.79 bits per heavy atom. The molecule has 0 aromatic carbocycles. The van der Waals surface area contributed by atoms with Crippen LogP contribution < -0.4 is 4.74 Å². The summed E-state index contributed by atoms with van der Waals surface area (Å²) in [5.41, 5.74) is -0.593. The van der Waals surface area contributed by atoms with E-state index in [4.69, 9.17) is 14.2 Å². The maximum atomic E-state index is 11.5. The van der Waals surface area contributed by atoms with E-state index < -0.39 is 11.8 Å². The lowest BCUT2D eigenvalue weighted by Gasteiger charge is -2.32. The third-order valence-electron chi connectivity index (χ3n) is 2.56. The van der Waals surface area contributed by atoms with Crippen molar-refractivity contribution in [2.24, 2.45) is 0 Å². The molecule has 1 saturated heterocycles. The fraction of sp³-hybridized carbons (Fsp3) is 0.571. The summed E-state index contributed by atoms with van der Waals surface area (Å²) >= 11 is 0. The van der Waals surface area contributed by atoms with Crippen molar-refractivity contribution in [3.8, 4) is 5.88 Å². The lowest BCUT2D eigenvalue weighted by Crippen LogP contribution is -2.41. The van der Waals surface area contributed by atoms with E-state index in [1.165, 1.54) is 0 Å². The SMILES string of the molecule is CC.CC1(OC(=O)Oc2ccccn2)CCCOC1. The number of carbonyl (C=O) groups excluding carboxylic acids is 1. The summed E-state index contributed by atoms with van der Waals surface area (Å²) in [5, 5.41) is 0. The van der Waals surface area contributed by atoms with E-state index in [9.17, 15) is 4.79 Å². The molecule has 0 spiro atoms. The van der Waals surface area contributed by atoms with Gasteiger partial charge in [0.25, 0.3) is 0 Å². The minimum absolute atomic E-state index is 0.234. The summed E-state index contributed by atoms with van der Waals surface area (Å²) in [4.78, 5) is 15.4. The summed E-state index contributed by atoms with van der Waals surface area (Å²) in [6.07, 6.45) is 2.47. The number of carbonyl (C=O) groups is 1. The molecule has 1 aliphatic heterocycles. The van der Waals surface area contributed by atoms with E-state index >= 15 is 0 Å². The van der Waals surface area contributed by atoms with Crippen LogP contribution in [0, 0.1) is 0 Å². The van der Waals surface area contributed by atoms with E-state index in [2.05, 4.69) is 4.98 Å². The van der Waals surface area contributed by atoms with Crippen LogP contribution in [0.4, 0.5) is 4.79 Å². The molecule has 1 aromatic rings. The second-order valence-corrected chi connectivity index (χ2v) is 4.23. The predicted octanol–water partition coefficient (Wildman–Crippen LogP) is 3.19. The first-order chi connectivity index (χ1) is 9.18. The quantitative estimate of drug-likeness (QED) is 0.770. The van der Waals surface area contributed by atoms with Gasteiger partial charge in [-0.25, -0.2) is 9.78 Å². The van der Waals surface area contributed by atoms with Crippen LogP contribution in [-0.4, -0.2) is 30.0 Å². The molecule has 0 saturated carbocycles. The first-order valence-electron chi connectivity index (χ1n) is 6.58. The number of hydrogen-bond donors (Lipinski definition) is 0. The van der Waals surface area contributed by atoms with Crippen LogP contribution in [0.2, 0.25) is 0 Å². The lowest BCUT2D eigenvalue weighted by molar-refractivity contribution is -0.0907. The zero-order valence-corrected chi connectivity index (χ0v) is 11.7. The molecule has 0 amide bonds. The van der Waals surface area contributed by atoms with Gasteiger partial charge < -0.3 is 14.2 Å². The van der Waals surface area contributed by atoms with Gasteiger partial charge in [0.1, 0.15) is 5.60 Å². The van der Waals surface area contributed by atoms with Gasteiger partial charge in [0.15, 0.2) is 0 Å². The normalized spacial score (nSPS) is 21.8. The second kappa shape index (κ2) is 7.74. The molecule has 1 unspecified atom stereocenters. The molecular weight excluding hydrogens is 246 g/mol. The van der Waals surface area contributed by atoms with Crippen molar-refractivity contribution in [1.29, 1.82) is 0 Å². The maximum Gasteiger partial charge on any atom is 0.515 e. The Morgan fingerprint density at radius 2 is 2.21 bits per heavy atom. The van der Waals surface area contributed by atoms with Crippen molar-refractivity contribution in [3.63, 3.8) is 0 Å². The Morgan fingerprint density at radius 1 is 1.42 bits per heavy atom. The lowest BCUT2D eigenvalue weighted by atomic mass is 9.99. The second-order valence-electron chi connectivity index (χ2n) is 4.23. The number of hydrogen-bond acceptors (Lipinski definition) is 5. The highest BCUT2D eigenvalue weighted by Crippen LogP contribution is 2.23. The molecule has 1 fully saturated rings. The zero-order chi connectivity index (χ0) is 14.1. The molecule has 0 N–H and O–H groups in total. The van der Waals surface area contributed by atoms with Gasteiger partial charge in [-0.3, -0.25) is 0 Å². The molecule has 1 aromatic heterocycles. The molecule has 2 heterocycles. The number of nitrogens with zero attached hydrogens (tertiary/aromatic N) is 1. The van der Waals surface area contributed by atoms with Crippen LogP contribution in [0.5, 0.6) is 5.88 Å². The predicted molar refractivity (Wildman–Crippen MR) is 71.2 cm³/mol. The smallest absolute Gasteiger partial charge is 0.425 e. The van der Waals surface area contributed by atoms with E-state index in [1.807, 2.05) is 20.8 Å². The molecule has 1 atom stereocenters. The Hall–Kier alpha value is -1.62. The minimum Gasteiger partial charge on any atom is -0.425 e. The van der Waals surface area contributed by atoms with Crippen LogP contribution in [-0.2, 0) is 9.47 Å². The summed E-state index contributed by atoms with van der Waals surface area (Å²) in [6, 6.07) is 5.08. The molecule has 0 aliphatic carbocycles. The third-order valence-corrected chi connectivity index (χ3v) is 2.56. The first-order valence-corrected chi connectivity index (χ1v) is 6.58. The van der Waals surface area contributed by atoms with E-state index in [0.717, 1.165) is 12.8 Å². The molecule has 0 bridgehead atoms. The first kappa shape index (κ1) is 15.4. The van der Waals surface area contributed by atoms with Crippen LogP contribution in [0.3, 0.4) is 0 Å². The van der Waals surface area contributed by atoms with Gasteiger partial charge in [0.05, 0.1) is 6.61 Å². The van der Waals surface area contributed by atoms with Crippen LogP contribution >= 0.6 is 0 Å².